The van der Waals surface area contributed by atoms with Gasteiger partial charge in [-0.25, -0.2) is 4.68 Å². The van der Waals surface area contributed by atoms with Crippen LogP contribution in [-0.2, 0) is 6.54 Å². The summed E-state index contributed by atoms with van der Waals surface area (Å²) >= 11 is 0. The Balaban J connectivity index is 1.84. The lowest BCUT2D eigenvalue weighted by Crippen LogP contribution is -2.27. The highest BCUT2D eigenvalue weighted by atomic mass is 16.2. The van der Waals surface area contributed by atoms with E-state index in [0.717, 1.165) is 10.9 Å². The fourth-order valence-electron chi connectivity index (χ4n) is 3.01. The van der Waals surface area contributed by atoms with E-state index in [1.165, 1.54) is 4.68 Å². The van der Waals surface area contributed by atoms with Crippen LogP contribution >= 0.6 is 0 Å². The Kier molecular flexibility index (Phi) is 3.93. The van der Waals surface area contributed by atoms with Crippen LogP contribution in [0.25, 0.3) is 21.7 Å². The predicted molar refractivity (Wildman–Crippen MR) is 101 cm³/mol. The molecular formula is C20H16N4O2. The predicted octanol–water partition coefficient (Wildman–Crippen LogP) is 3.22. The molecule has 4 aromatic rings. The SMILES string of the molecule is CCn1nc(C(=O)Nc2cccc3ncccc23)c2ccccc2c1=O. The first-order valence-corrected chi connectivity index (χ1v) is 8.34. The van der Waals surface area contributed by atoms with Crippen LogP contribution < -0.4 is 10.9 Å². The molecule has 0 bridgehead atoms. The highest BCUT2D eigenvalue weighted by Crippen LogP contribution is 2.22. The van der Waals surface area contributed by atoms with Gasteiger partial charge in [-0.15, -0.1) is 0 Å². The number of amides is 1. The average molecular weight is 344 g/mol. The van der Waals surface area contributed by atoms with Gasteiger partial charge >= 0.3 is 0 Å². The van der Waals surface area contributed by atoms with E-state index >= 15 is 0 Å². The zero-order valence-electron chi connectivity index (χ0n) is 14.1. The molecule has 1 N–H and O–H groups in total. The number of hydrogen-bond acceptors (Lipinski definition) is 4. The molecule has 0 radical (unpaired) electrons. The quantitative estimate of drug-likeness (QED) is 0.619. The van der Waals surface area contributed by atoms with Gasteiger partial charge in [0.1, 0.15) is 0 Å². The number of pyridine rings is 1. The van der Waals surface area contributed by atoms with Gasteiger partial charge in [0.2, 0.25) is 0 Å². The summed E-state index contributed by atoms with van der Waals surface area (Å²) in [6, 6.07) is 16.3. The van der Waals surface area contributed by atoms with Crippen molar-refractivity contribution < 1.29 is 4.79 Å². The van der Waals surface area contributed by atoms with Gasteiger partial charge in [-0.2, -0.15) is 5.10 Å². The molecular weight excluding hydrogens is 328 g/mol. The second-order valence-corrected chi connectivity index (χ2v) is 5.84. The standard InChI is InChI=1S/C20H16N4O2/c1-2-24-20(26)14-8-4-3-7-13(14)18(23-24)19(25)22-17-11-5-10-16-15(17)9-6-12-21-16/h3-12H,2H2,1H3,(H,22,25). The molecule has 1 amide bonds. The number of aromatic nitrogens is 3. The van der Waals surface area contributed by atoms with Crippen LogP contribution in [-0.4, -0.2) is 20.7 Å². The largest absolute Gasteiger partial charge is 0.320 e. The molecule has 0 unspecified atom stereocenters. The molecule has 128 valence electrons. The van der Waals surface area contributed by atoms with Crippen LogP contribution in [0.2, 0.25) is 0 Å². The molecule has 6 heteroatoms. The highest BCUT2D eigenvalue weighted by molar-refractivity contribution is 6.13. The van der Waals surface area contributed by atoms with E-state index in [0.29, 0.717) is 23.0 Å². The summed E-state index contributed by atoms with van der Waals surface area (Å²) in [5.41, 5.74) is 1.47. The number of nitrogens with one attached hydrogen (secondary N) is 1. The number of rotatable bonds is 3. The number of fused-ring (bicyclic) bond motifs is 2. The summed E-state index contributed by atoms with van der Waals surface area (Å²) in [5, 5.41) is 9.04. The molecule has 2 aromatic carbocycles. The Bertz CT molecular complexity index is 1190. The second kappa shape index (κ2) is 6.40. The van der Waals surface area contributed by atoms with Crippen LogP contribution in [0.15, 0.2) is 65.6 Å². The number of benzene rings is 2. The van der Waals surface area contributed by atoms with E-state index in [9.17, 15) is 9.59 Å². The van der Waals surface area contributed by atoms with Crippen molar-refractivity contribution in [3.05, 3.63) is 76.8 Å². The normalized spacial score (nSPS) is 11.0. The maximum absolute atomic E-state index is 12.9. The minimum Gasteiger partial charge on any atom is -0.320 e. The molecule has 2 aromatic heterocycles. The summed E-state index contributed by atoms with van der Waals surface area (Å²) in [7, 11) is 0. The van der Waals surface area contributed by atoms with Crippen molar-refractivity contribution in [1.29, 1.82) is 0 Å². The number of carbonyl (C=O) groups is 1. The molecule has 2 heterocycles. The first-order valence-electron chi connectivity index (χ1n) is 8.34. The lowest BCUT2D eigenvalue weighted by atomic mass is 10.1. The number of hydrogen-bond donors (Lipinski definition) is 1. The maximum atomic E-state index is 12.9. The monoisotopic (exact) mass is 344 g/mol. The summed E-state index contributed by atoms with van der Waals surface area (Å²) in [4.78, 5) is 29.7. The molecule has 0 fully saturated rings. The summed E-state index contributed by atoms with van der Waals surface area (Å²) in [6.45, 7) is 2.21. The summed E-state index contributed by atoms with van der Waals surface area (Å²) in [6.07, 6.45) is 1.71. The van der Waals surface area contributed by atoms with E-state index < -0.39 is 0 Å². The first kappa shape index (κ1) is 16.0. The summed E-state index contributed by atoms with van der Waals surface area (Å²) < 4.78 is 1.31. The van der Waals surface area contributed by atoms with Crippen LogP contribution in [0.5, 0.6) is 0 Å². The van der Waals surface area contributed by atoms with E-state index in [1.807, 2.05) is 37.3 Å². The van der Waals surface area contributed by atoms with Crippen molar-refractivity contribution in [2.24, 2.45) is 0 Å². The van der Waals surface area contributed by atoms with E-state index in [1.54, 1.807) is 30.5 Å². The lowest BCUT2D eigenvalue weighted by Gasteiger charge is -2.11. The van der Waals surface area contributed by atoms with Crippen molar-refractivity contribution in [3.8, 4) is 0 Å². The first-order chi connectivity index (χ1) is 12.7. The molecule has 4 rings (SSSR count). The van der Waals surface area contributed by atoms with Crippen molar-refractivity contribution >= 4 is 33.3 Å². The van der Waals surface area contributed by atoms with Gasteiger partial charge in [0.05, 0.1) is 16.6 Å². The number of aryl methyl sites for hydroxylation is 1. The smallest absolute Gasteiger partial charge is 0.276 e. The van der Waals surface area contributed by atoms with E-state index in [4.69, 9.17) is 0 Å². The van der Waals surface area contributed by atoms with Crippen LogP contribution in [0.3, 0.4) is 0 Å². The van der Waals surface area contributed by atoms with E-state index in [-0.39, 0.29) is 17.2 Å². The van der Waals surface area contributed by atoms with Crippen LogP contribution in [0.4, 0.5) is 5.69 Å². The Morgan fingerprint density at radius 1 is 1.00 bits per heavy atom. The van der Waals surface area contributed by atoms with Crippen LogP contribution in [0.1, 0.15) is 17.4 Å². The van der Waals surface area contributed by atoms with Crippen molar-refractivity contribution in [3.63, 3.8) is 0 Å². The molecule has 0 saturated heterocycles. The zero-order chi connectivity index (χ0) is 18.1. The van der Waals surface area contributed by atoms with Gasteiger partial charge in [0.15, 0.2) is 5.69 Å². The third-order valence-electron chi connectivity index (χ3n) is 4.28. The Morgan fingerprint density at radius 2 is 1.77 bits per heavy atom. The molecule has 0 spiro atoms. The molecule has 0 aliphatic carbocycles. The lowest BCUT2D eigenvalue weighted by molar-refractivity contribution is 0.102. The highest BCUT2D eigenvalue weighted by Gasteiger charge is 2.17. The van der Waals surface area contributed by atoms with Gasteiger partial charge in [-0.05, 0) is 37.3 Å². The van der Waals surface area contributed by atoms with Crippen molar-refractivity contribution in [1.82, 2.24) is 14.8 Å². The van der Waals surface area contributed by atoms with Crippen LogP contribution in [0, 0.1) is 0 Å². The van der Waals surface area contributed by atoms with E-state index in [2.05, 4.69) is 15.4 Å². The molecule has 0 aliphatic rings. The summed E-state index contributed by atoms with van der Waals surface area (Å²) in [5.74, 6) is -0.361. The van der Waals surface area contributed by atoms with Gasteiger partial charge in [-0.1, -0.05) is 24.3 Å². The zero-order valence-corrected chi connectivity index (χ0v) is 14.1. The van der Waals surface area contributed by atoms with Gasteiger partial charge in [0, 0.05) is 23.5 Å². The third-order valence-corrected chi connectivity index (χ3v) is 4.28. The maximum Gasteiger partial charge on any atom is 0.276 e. The van der Waals surface area contributed by atoms with Gasteiger partial charge < -0.3 is 5.32 Å². The second-order valence-electron chi connectivity index (χ2n) is 5.84. The molecule has 6 nitrogen and oxygen atoms in total. The fraction of sp³-hybridized carbons (Fsp3) is 0.100. The number of nitrogens with zero attached hydrogens (tertiary/aromatic N) is 3. The Labute approximate surface area is 149 Å². The Hall–Kier alpha value is -3.54. The third kappa shape index (κ3) is 2.61. The molecule has 26 heavy (non-hydrogen) atoms. The topological polar surface area (TPSA) is 76.9 Å². The van der Waals surface area contributed by atoms with Gasteiger partial charge in [-0.3, -0.25) is 14.6 Å². The minimum absolute atomic E-state index is 0.200. The molecule has 0 saturated carbocycles. The fourth-order valence-corrected chi connectivity index (χ4v) is 3.01. The molecule has 0 aliphatic heterocycles. The van der Waals surface area contributed by atoms with Crippen molar-refractivity contribution in [2.45, 2.75) is 13.5 Å². The minimum atomic E-state index is -0.361. The van der Waals surface area contributed by atoms with Crippen molar-refractivity contribution in [2.75, 3.05) is 5.32 Å². The Morgan fingerprint density at radius 3 is 2.58 bits per heavy atom. The van der Waals surface area contributed by atoms with Gasteiger partial charge in [0.25, 0.3) is 11.5 Å². The average Bonchev–Trinajstić information content (AvgIpc) is 2.69. The number of anilines is 1. The number of carbonyl (C=O) groups excluding carboxylic acids is 1. The molecule has 0 atom stereocenters.